The van der Waals surface area contributed by atoms with E-state index in [1.807, 2.05) is 0 Å². The summed E-state index contributed by atoms with van der Waals surface area (Å²) in [5.74, 6) is 0.868. The molecule has 1 N–H and O–H groups in total. The second-order valence-electron chi connectivity index (χ2n) is 4.27. The molecule has 4 nitrogen and oxygen atoms in total. The highest BCUT2D eigenvalue weighted by molar-refractivity contribution is 5.69. The van der Waals surface area contributed by atoms with Gasteiger partial charge in [0, 0.05) is 18.7 Å². The maximum Gasteiger partial charge on any atom is 0.305 e. The van der Waals surface area contributed by atoms with Crippen LogP contribution in [0, 0.1) is 0 Å². The van der Waals surface area contributed by atoms with Crippen LogP contribution in [0.4, 0.5) is 5.82 Å². The smallest absolute Gasteiger partial charge is 0.305 e. The van der Waals surface area contributed by atoms with E-state index in [0.29, 0.717) is 6.42 Å². The first-order chi connectivity index (χ1) is 8.29. The largest absolute Gasteiger partial charge is 0.469 e. The standard InChI is InChI=1S/C13H18N2O2/c1-17-12(16)6-2-5-11-8-7-10-4-3-9-14-13(10)15-11/h7-8H,2-6,9H2,1H3,(H,14,15). The van der Waals surface area contributed by atoms with Gasteiger partial charge in [0.25, 0.3) is 0 Å². The average Bonchev–Trinajstić information content (AvgIpc) is 2.38. The van der Waals surface area contributed by atoms with Gasteiger partial charge in [0.15, 0.2) is 0 Å². The van der Waals surface area contributed by atoms with Crippen LogP contribution in [0.25, 0.3) is 0 Å². The van der Waals surface area contributed by atoms with Crippen molar-refractivity contribution in [2.45, 2.75) is 32.1 Å². The molecule has 1 aliphatic heterocycles. The number of pyridine rings is 1. The van der Waals surface area contributed by atoms with Gasteiger partial charge < -0.3 is 10.1 Å². The highest BCUT2D eigenvalue weighted by Crippen LogP contribution is 2.20. The van der Waals surface area contributed by atoms with Crippen molar-refractivity contribution in [1.82, 2.24) is 4.98 Å². The van der Waals surface area contributed by atoms with E-state index in [2.05, 4.69) is 27.2 Å². The SMILES string of the molecule is COC(=O)CCCc1ccc2c(n1)NCCC2. The third-order valence-corrected chi connectivity index (χ3v) is 2.99. The van der Waals surface area contributed by atoms with Crippen LogP contribution in [-0.4, -0.2) is 24.6 Å². The fraction of sp³-hybridized carbons (Fsp3) is 0.538. The summed E-state index contributed by atoms with van der Waals surface area (Å²) < 4.78 is 4.61. The predicted molar refractivity (Wildman–Crippen MR) is 66.0 cm³/mol. The van der Waals surface area contributed by atoms with Gasteiger partial charge in [-0.2, -0.15) is 0 Å². The third kappa shape index (κ3) is 3.19. The molecule has 0 spiro atoms. The van der Waals surface area contributed by atoms with E-state index < -0.39 is 0 Å². The molecule has 0 aliphatic carbocycles. The number of hydrogen-bond donors (Lipinski definition) is 1. The Labute approximate surface area is 101 Å². The molecule has 0 fully saturated rings. The number of ether oxygens (including phenoxy) is 1. The Bertz CT molecular complexity index is 404. The summed E-state index contributed by atoms with van der Waals surface area (Å²) >= 11 is 0. The molecule has 0 saturated carbocycles. The van der Waals surface area contributed by atoms with Crippen LogP contribution in [0.3, 0.4) is 0 Å². The Morgan fingerprint density at radius 1 is 1.53 bits per heavy atom. The summed E-state index contributed by atoms with van der Waals surface area (Å²) in [5, 5.41) is 3.31. The molecule has 0 atom stereocenters. The van der Waals surface area contributed by atoms with Gasteiger partial charge in [0.1, 0.15) is 5.82 Å². The van der Waals surface area contributed by atoms with Crippen molar-refractivity contribution >= 4 is 11.8 Å². The Balaban J connectivity index is 1.91. The fourth-order valence-corrected chi connectivity index (χ4v) is 2.02. The summed E-state index contributed by atoms with van der Waals surface area (Å²) in [5.41, 5.74) is 2.34. The predicted octanol–water partition coefficient (Wildman–Crippen LogP) is 1.94. The molecule has 4 heteroatoms. The van der Waals surface area contributed by atoms with E-state index in [1.165, 1.54) is 19.1 Å². The number of aromatic nitrogens is 1. The van der Waals surface area contributed by atoms with Crippen LogP contribution >= 0.6 is 0 Å². The molecule has 92 valence electrons. The van der Waals surface area contributed by atoms with Crippen LogP contribution in [0.1, 0.15) is 30.5 Å². The number of esters is 1. The first kappa shape index (κ1) is 11.9. The van der Waals surface area contributed by atoms with E-state index in [0.717, 1.165) is 37.3 Å². The van der Waals surface area contributed by atoms with Gasteiger partial charge in [-0.3, -0.25) is 4.79 Å². The Hall–Kier alpha value is -1.58. The summed E-state index contributed by atoms with van der Waals surface area (Å²) in [6, 6.07) is 4.20. The molecule has 0 amide bonds. The fourth-order valence-electron chi connectivity index (χ4n) is 2.02. The van der Waals surface area contributed by atoms with E-state index in [-0.39, 0.29) is 5.97 Å². The van der Waals surface area contributed by atoms with Crippen molar-refractivity contribution in [1.29, 1.82) is 0 Å². The minimum atomic E-state index is -0.152. The minimum Gasteiger partial charge on any atom is -0.469 e. The second kappa shape index (κ2) is 5.66. The number of carbonyl (C=O) groups excluding carboxylic acids is 1. The summed E-state index contributed by atoms with van der Waals surface area (Å²) in [6.45, 7) is 1.01. The van der Waals surface area contributed by atoms with Crippen molar-refractivity contribution in [3.8, 4) is 0 Å². The van der Waals surface area contributed by atoms with Crippen molar-refractivity contribution in [3.05, 3.63) is 23.4 Å². The topological polar surface area (TPSA) is 51.2 Å². The zero-order valence-electron chi connectivity index (χ0n) is 10.2. The first-order valence-corrected chi connectivity index (χ1v) is 6.09. The van der Waals surface area contributed by atoms with Gasteiger partial charge in [0.2, 0.25) is 0 Å². The monoisotopic (exact) mass is 234 g/mol. The molecule has 0 aromatic carbocycles. The van der Waals surface area contributed by atoms with E-state index in [1.54, 1.807) is 0 Å². The maximum atomic E-state index is 11.0. The van der Waals surface area contributed by atoms with Crippen LogP contribution in [0.5, 0.6) is 0 Å². The molecule has 1 aliphatic rings. The van der Waals surface area contributed by atoms with Crippen molar-refractivity contribution in [3.63, 3.8) is 0 Å². The molecule has 0 saturated heterocycles. The molecule has 1 aromatic rings. The lowest BCUT2D eigenvalue weighted by molar-refractivity contribution is -0.140. The number of anilines is 1. The molecular weight excluding hydrogens is 216 g/mol. The number of fused-ring (bicyclic) bond motifs is 1. The molecule has 2 rings (SSSR count). The van der Waals surface area contributed by atoms with Crippen LogP contribution in [0.15, 0.2) is 12.1 Å². The molecule has 17 heavy (non-hydrogen) atoms. The molecule has 0 unspecified atom stereocenters. The lowest BCUT2D eigenvalue weighted by Gasteiger charge is -2.17. The number of aryl methyl sites for hydroxylation is 2. The highest BCUT2D eigenvalue weighted by Gasteiger charge is 2.10. The zero-order valence-corrected chi connectivity index (χ0v) is 10.2. The van der Waals surface area contributed by atoms with E-state index in [4.69, 9.17) is 0 Å². The maximum absolute atomic E-state index is 11.0. The van der Waals surface area contributed by atoms with Gasteiger partial charge in [0.05, 0.1) is 7.11 Å². The number of hydrogen-bond acceptors (Lipinski definition) is 4. The quantitative estimate of drug-likeness (QED) is 0.809. The normalized spacial score (nSPS) is 13.7. The van der Waals surface area contributed by atoms with Gasteiger partial charge in [-0.25, -0.2) is 4.98 Å². The average molecular weight is 234 g/mol. The molecule has 2 heterocycles. The number of nitrogens with zero attached hydrogens (tertiary/aromatic N) is 1. The molecule has 0 radical (unpaired) electrons. The summed E-state index contributed by atoms with van der Waals surface area (Å²) in [4.78, 5) is 15.6. The van der Waals surface area contributed by atoms with E-state index >= 15 is 0 Å². The number of methoxy groups -OCH3 is 1. The van der Waals surface area contributed by atoms with Gasteiger partial charge in [-0.1, -0.05) is 6.07 Å². The first-order valence-electron chi connectivity index (χ1n) is 6.09. The van der Waals surface area contributed by atoms with Gasteiger partial charge >= 0.3 is 5.97 Å². The number of carbonyl (C=O) groups is 1. The van der Waals surface area contributed by atoms with Crippen molar-refractivity contribution in [2.24, 2.45) is 0 Å². The van der Waals surface area contributed by atoms with Gasteiger partial charge in [-0.05, 0) is 37.3 Å². The van der Waals surface area contributed by atoms with Crippen LogP contribution < -0.4 is 5.32 Å². The Morgan fingerprint density at radius 3 is 3.24 bits per heavy atom. The Morgan fingerprint density at radius 2 is 2.41 bits per heavy atom. The molecule has 1 aromatic heterocycles. The molecule has 0 bridgehead atoms. The summed E-state index contributed by atoms with van der Waals surface area (Å²) in [6.07, 6.45) is 4.36. The zero-order chi connectivity index (χ0) is 12.1. The van der Waals surface area contributed by atoms with Crippen LogP contribution in [0.2, 0.25) is 0 Å². The lowest BCUT2D eigenvalue weighted by atomic mass is 10.1. The summed E-state index contributed by atoms with van der Waals surface area (Å²) in [7, 11) is 1.42. The number of nitrogens with one attached hydrogen (secondary N) is 1. The van der Waals surface area contributed by atoms with Crippen molar-refractivity contribution in [2.75, 3.05) is 19.0 Å². The van der Waals surface area contributed by atoms with E-state index in [9.17, 15) is 4.79 Å². The highest BCUT2D eigenvalue weighted by atomic mass is 16.5. The van der Waals surface area contributed by atoms with Crippen LogP contribution in [-0.2, 0) is 22.4 Å². The third-order valence-electron chi connectivity index (χ3n) is 2.99. The molecular formula is C13H18N2O2. The number of rotatable bonds is 4. The minimum absolute atomic E-state index is 0.152. The van der Waals surface area contributed by atoms with Gasteiger partial charge in [-0.15, -0.1) is 0 Å². The Kier molecular flexibility index (Phi) is 3.96. The van der Waals surface area contributed by atoms with Crippen molar-refractivity contribution < 1.29 is 9.53 Å². The lowest BCUT2D eigenvalue weighted by Crippen LogP contribution is -2.14. The second-order valence-corrected chi connectivity index (χ2v) is 4.27.